The Morgan fingerprint density at radius 2 is 2.05 bits per heavy atom. The Morgan fingerprint density at radius 1 is 1.33 bits per heavy atom. The van der Waals surface area contributed by atoms with Gasteiger partial charge in [0, 0.05) is 18.0 Å². The van der Waals surface area contributed by atoms with Gasteiger partial charge in [0.05, 0.1) is 0 Å². The van der Waals surface area contributed by atoms with Crippen molar-refractivity contribution in [2.24, 2.45) is 0 Å². The van der Waals surface area contributed by atoms with E-state index in [1.165, 1.54) is 6.07 Å². The maximum atomic E-state index is 12.4. The van der Waals surface area contributed by atoms with Crippen LogP contribution in [-0.2, 0) is 4.79 Å². The first-order valence-electron chi connectivity index (χ1n) is 7.03. The van der Waals surface area contributed by atoms with Gasteiger partial charge in [-0.05, 0) is 31.9 Å². The van der Waals surface area contributed by atoms with Crippen LogP contribution < -0.4 is 10.1 Å². The third-order valence-corrected chi connectivity index (χ3v) is 3.13. The average Bonchev–Trinajstić information content (AvgIpc) is 2.43. The van der Waals surface area contributed by atoms with E-state index in [4.69, 9.17) is 5.11 Å². The van der Waals surface area contributed by atoms with Gasteiger partial charge in [0.15, 0.2) is 0 Å². The van der Waals surface area contributed by atoms with Gasteiger partial charge in [0.25, 0.3) is 0 Å². The van der Waals surface area contributed by atoms with Crippen molar-refractivity contribution in [2.75, 3.05) is 6.54 Å². The average molecular weight is 301 g/mol. The predicted octanol–water partition coefficient (Wildman–Crippen LogP) is 3.58. The van der Waals surface area contributed by atoms with Crippen molar-refractivity contribution in [3.8, 4) is 5.75 Å². The Bertz CT molecular complexity index is 441. The van der Waals surface area contributed by atoms with Gasteiger partial charge in [-0.25, -0.2) is 0 Å². The zero-order chi connectivity index (χ0) is 15.7. The lowest BCUT2D eigenvalue weighted by Gasteiger charge is -2.20. The number of alkyl halides is 2. The molecule has 0 radical (unpaired) electrons. The molecule has 21 heavy (non-hydrogen) atoms. The highest BCUT2D eigenvalue weighted by Crippen LogP contribution is 2.28. The summed E-state index contributed by atoms with van der Waals surface area (Å²) >= 11 is 0. The number of carboxylic acids is 1. The molecule has 0 saturated carbocycles. The van der Waals surface area contributed by atoms with E-state index in [9.17, 15) is 13.6 Å². The summed E-state index contributed by atoms with van der Waals surface area (Å²) in [5.74, 6) is -0.630. The molecule has 1 aromatic carbocycles. The van der Waals surface area contributed by atoms with Crippen molar-refractivity contribution in [2.45, 2.75) is 45.3 Å². The number of ether oxygens (including phenoxy) is 1. The number of rotatable bonds is 10. The predicted molar refractivity (Wildman–Crippen MR) is 75.6 cm³/mol. The quantitative estimate of drug-likeness (QED) is 0.648. The lowest BCUT2D eigenvalue weighted by atomic mass is 10.0. The number of aliphatic carboxylic acids is 1. The molecule has 0 saturated heterocycles. The maximum absolute atomic E-state index is 12.4. The first-order valence-corrected chi connectivity index (χ1v) is 7.03. The van der Waals surface area contributed by atoms with Crippen LogP contribution in [0.1, 0.15) is 44.2 Å². The fourth-order valence-electron chi connectivity index (χ4n) is 2.12. The summed E-state index contributed by atoms with van der Waals surface area (Å²) in [5.41, 5.74) is 0.693. The number of hydrogen-bond donors (Lipinski definition) is 2. The van der Waals surface area contributed by atoms with Gasteiger partial charge in [-0.2, -0.15) is 8.78 Å². The number of hydrogen-bond acceptors (Lipinski definition) is 3. The first-order chi connectivity index (χ1) is 10.0. The van der Waals surface area contributed by atoms with E-state index in [-0.39, 0.29) is 18.2 Å². The van der Waals surface area contributed by atoms with Crippen LogP contribution in [0.25, 0.3) is 0 Å². The highest BCUT2D eigenvalue weighted by molar-refractivity contribution is 5.66. The fourth-order valence-corrected chi connectivity index (χ4v) is 2.12. The summed E-state index contributed by atoms with van der Waals surface area (Å²) < 4.78 is 29.3. The van der Waals surface area contributed by atoms with Crippen LogP contribution in [0.4, 0.5) is 8.78 Å². The molecular weight excluding hydrogens is 280 g/mol. The molecule has 6 heteroatoms. The Morgan fingerprint density at radius 3 is 2.67 bits per heavy atom. The molecule has 0 aromatic heterocycles. The van der Waals surface area contributed by atoms with E-state index < -0.39 is 12.6 Å². The minimum Gasteiger partial charge on any atom is -0.481 e. The van der Waals surface area contributed by atoms with Crippen molar-refractivity contribution < 1.29 is 23.4 Å². The van der Waals surface area contributed by atoms with Gasteiger partial charge in [-0.3, -0.25) is 4.79 Å². The van der Waals surface area contributed by atoms with E-state index in [0.29, 0.717) is 18.5 Å². The molecule has 0 heterocycles. The number of benzene rings is 1. The normalized spacial score (nSPS) is 12.4. The molecule has 0 amide bonds. The smallest absolute Gasteiger partial charge is 0.387 e. The largest absolute Gasteiger partial charge is 0.481 e. The van der Waals surface area contributed by atoms with Gasteiger partial charge < -0.3 is 15.2 Å². The molecule has 0 bridgehead atoms. The van der Waals surface area contributed by atoms with E-state index in [0.717, 1.165) is 12.8 Å². The SMILES string of the molecule is CCC(NCCCCC(=O)O)c1ccccc1OC(F)F. The van der Waals surface area contributed by atoms with Crippen molar-refractivity contribution in [1.82, 2.24) is 5.32 Å². The first kappa shape index (κ1) is 17.4. The molecule has 1 unspecified atom stereocenters. The van der Waals surface area contributed by atoms with Crippen LogP contribution in [0.3, 0.4) is 0 Å². The lowest BCUT2D eigenvalue weighted by Crippen LogP contribution is -2.23. The van der Waals surface area contributed by atoms with Crippen molar-refractivity contribution in [3.05, 3.63) is 29.8 Å². The molecule has 4 nitrogen and oxygen atoms in total. The van der Waals surface area contributed by atoms with Crippen LogP contribution in [0.15, 0.2) is 24.3 Å². The Balaban J connectivity index is 2.57. The summed E-state index contributed by atoms with van der Waals surface area (Å²) in [6.07, 6.45) is 2.18. The van der Waals surface area contributed by atoms with Crippen LogP contribution in [0, 0.1) is 0 Å². The standard InChI is InChI=1S/C15H21F2NO3/c1-2-12(18-10-6-5-9-14(19)20)11-7-3-4-8-13(11)21-15(16)17/h3-4,7-8,12,15,18H,2,5-6,9-10H2,1H3,(H,19,20). The second kappa shape index (κ2) is 9.28. The van der Waals surface area contributed by atoms with Gasteiger partial charge in [0.1, 0.15) is 5.75 Å². The third kappa shape index (κ3) is 6.53. The number of carbonyl (C=O) groups is 1. The molecule has 1 aromatic rings. The number of carboxylic acid groups (broad SMARTS) is 1. The number of para-hydroxylation sites is 1. The zero-order valence-corrected chi connectivity index (χ0v) is 12.0. The van der Waals surface area contributed by atoms with E-state index in [1.807, 2.05) is 6.92 Å². The summed E-state index contributed by atoms with van der Waals surface area (Å²) in [6.45, 7) is -0.262. The molecule has 0 fully saturated rings. The highest BCUT2D eigenvalue weighted by Gasteiger charge is 2.16. The minimum atomic E-state index is -2.85. The third-order valence-electron chi connectivity index (χ3n) is 3.13. The van der Waals surface area contributed by atoms with Gasteiger partial charge in [-0.15, -0.1) is 0 Å². The van der Waals surface area contributed by atoms with E-state index >= 15 is 0 Å². The topological polar surface area (TPSA) is 58.6 Å². The van der Waals surface area contributed by atoms with E-state index in [1.54, 1.807) is 18.2 Å². The van der Waals surface area contributed by atoms with Gasteiger partial charge in [-0.1, -0.05) is 25.1 Å². The van der Waals surface area contributed by atoms with E-state index in [2.05, 4.69) is 10.1 Å². The van der Waals surface area contributed by atoms with Crippen LogP contribution in [-0.4, -0.2) is 24.2 Å². The molecule has 0 spiro atoms. The van der Waals surface area contributed by atoms with Crippen LogP contribution >= 0.6 is 0 Å². The fraction of sp³-hybridized carbons (Fsp3) is 0.533. The lowest BCUT2D eigenvalue weighted by molar-refractivity contribution is -0.137. The molecule has 0 aliphatic heterocycles. The second-order valence-electron chi connectivity index (χ2n) is 4.68. The summed E-state index contributed by atoms with van der Waals surface area (Å²) in [7, 11) is 0. The monoisotopic (exact) mass is 301 g/mol. The van der Waals surface area contributed by atoms with Crippen LogP contribution in [0.2, 0.25) is 0 Å². The summed E-state index contributed by atoms with van der Waals surface area (Å²) in [6, 6.07) is 6.63. The highest BCUT2D eigenvalue weighted by atomic mass is 19.3. The minimum absolute atomic E-state index is 0.0928. The number of unbranched alkanes of at least 4 members (excludes halogenated alkanes) is 1. The molecule has 0 aliphatic carbocycles. The zero-order valence-electron chi connectivity index (χ0n) is 12.0. The van der Waals surface area contributed by atoms with Gasteiger partial charge in [0.2, 0.25) is 0 Å². The molecular formula is C15H21F2NO3. The maximum Gasteiger partial charge on any atom is 0.387 e. The Hall–Kier alpha value is -1.69. The van der Waals surface area contributed by atoms with Crippen LogP contribution in [0.5, 0.6) is 5.75 Å². The number of nitrogens with one attached hydrogen (secondary N) is 1. The van der Waals surface area contributed by atoms with Crippen molar-refractivity contribution >= 4 is 5.97 Å². The second-order valence-corrected chi connectivity index (χ2v) is 4.68. The molecule has 0 aliphatic rings. The summed E-state index contributed by atoms with van der Waals surface area (Å²) in [5, 5.41) is 11.8. The van der Waals surface area contributed by atoms with Crippen molar-refractivity contribution in [1.29, 1.82) is 0 Å². The molecule has 1 atom stereocenters. The number of halogens is 2. The molecule has 118 valence electrons. The Labute approximate surface area is 123 Å². The van der Waals surface area contributed by atoms with Gasteiger partial charge >= 0.3 is 12.6 Å². The summed E-state index contributed by atoms with van der Waals surface area (Å²) in [4.78, 5) is 10.4. The molecule has 1 rings (SSSR count). The van der Waals surface area contributed by atoms with Crippen molar-refractivity contribution in [3.63, 3.8) is 0 Å². The Kier molecular flexibility index (Phi) is 7.68. The molecule has 2 N–H and O–H groups in total.